The van der Waals surface area contributed by atoms with E-state index >= 15 is 0 Å². The standard InChI is InChI=1S/C15H16ClN3O/c1-3-19(10-12-7-5-4-6-11(12)2)15(20)13-8-17-9-14(16)18-13/h4-9H,3,10H2,1-2H3. The highest BCUT2D eigenvalue weighted by atomic mass is 35.5. The maximum atomic E-state index is 12.4. The lowest BCUT2D eigenvalue weighted by molar-refractivity contribution is 0.0746. The van der Waals surface area contributed by atoms with Crippen LogP contribution < -0.4 is 0 Å². The molecule has 0 N–H and O–H groups in total. The summed E-state index contributed by atoms with van der Waals surface area (Å²) in [5, 5.41) is 0.225. The Morgan fingerprint density at radius 1 is 1.30 bits per heavy atom. The van der Waals surface area contributed by atoms with E-state index in [1.807, 2.05) is 38.1 Å². The van der Waals surface area contributed by atoms with E-state index in [1.165, 1.54) is 12.4 Å². The third-order valence-electron chi connectivity index (χ3n) is 3.12. The van der Waals surface area contributed by atoms with E-state index in [0.29, 0.717) is 13.1 Å². The van der Waals surface area contributed by atoms with E-state index in [2.05, 4.69) is 9.97 Å². The average molecular weight is 290 g/mol. The second-order valence-corrected chi connectivity index (χ2v) is 4.86. The third kappa shape index (κ3) is 3.33. The molecular formula is C15H16ClN3O. The summed E-state index contributed by atoms with van der Waals surface area (Å²) in [6.45, 7) is 5.12. The van der Waals surface area contributed by atoms with Gasteiger partial charge in [0.05, 0.1) is 12.4 Å². The summed E-state index contributed by atoms with van der Waals surface area (Å²) in [7, 11) is 0. The highest BCUT2D eigenvalue weighted by molar-refractivity contribution is 6.29. The van der Waals surface area contributed by atoms with E-state index in [9.17, 15) is 4.79 Å². The van der Waals surface area contributed by atoms with Crippen molar-refractivity contribution in [2.75, 3.05) is 6.54 Å². The van der Waals surface area contributed by atoms with Crippen molar-refractivity contribution in [3.63, 3.8) is 0 Å². The van der Waals surface area contributed by atoms with Crippen LogP contribution in [0.3, 0.4) is 0 Å². The van der Waals surface area contributed by atoms with Crippen molar-refractivity contribution >= 4 is 17.5 Å². The van der Waals surface area contributed by atoms with Crippen LogP contribution in [0.25, 0.3) is 0 Å². The van der Waals surface area contributed by atoms with Crippen LogP contribution in [-0.2, 0) is 6.54 Å². The van der Waals surface area contributed by atoms with Crippen LogP contribution in [0.5, 0.6) is 0 Å². The molecule has 0 aliphatic heterocycles. The van der Waals surface area contributed by atoms with E-state index in [1.54, 1.807) is 4.90 Å². The number of carbonyl (C=O) groups excluding carboxylic acids is 1. The highest BCUT2D eigenvalue weighted by Crippen LogP contribution is 2.13. The molecule has 1 amide bonds. The van der Waals surface area contributed by atoms with Crippen molar-refractivity contribution in [3.05, 3.63) is 58.6 Å². The number of amides is 1. The van der Waals surface area contributed by atoms with Crippen LogP contribution in [0.15, 0.2) is 36.7 Å². The Balaban J connectivity index is 2.20. The van der Waals surface area contributed by atoms with Gasteiger partial charge in [0.25, 0.3) is 5.91 Å². The van der Waals surface area contributed by atoms with Crippen molar-refractivity contribution in [1.82, 2.24) is 14.9 Å². The van der Waals surface area contributed by atoms with Gasteiger partial charge in [0, 0.05) is 13.1 Å². The molecule has 1 aromatic carbocycles. The fraction of sp³-hybridized carbons (Fsp3) is 0.267. The molecule has 0 aliphatic rings. The molecule has 0 atom stereocenters. The van der Waals surface area contributed by atoms with E-state index in [4.69, 9.17) is 11.6 Å². The van der Waals surface area contributed by atoms with Crippen molar-refractivity contribution in [3.8, 4) is 0 Å². The van der Waals surface area contributed by atoms with Crippen LogP contribution in [0, 0.1) is 6.92 Å². The molecule has 0 unspecified atom stereocenters. The second-order valence-electron chi connectivity index (χ2n) is 4.47. The summed E-state index contributed by atoms with van der Waals surface area (Å²) in [6.07, 6.45) is 2.85. The fourth-order valence-corrected chi connectivity index (χ4v) is 2.07. The lowest BCUT2D eigenvalue weighted by Crippen LogP contribution is -2.31. The number of nitrogens with zero attached hydrogens (tertiary/aromatic N) is 3. The largest absolute Gasteiger partial charge is 0.333 e. The third-order valence-corrected chi connectivity index (χ3v) is 3.30. The Hall–Kier alpha value is -1.94. The van der Waals surface area contributed by atoms with E-state index in [-0.39, 0.29) is 16.8 Å². The van der Waals surface area contributed by atoms with Crippen LogP contribution in [0.4, 0.5) is 0 Å². The van der Waals surface area contributed by atoms with Crippen LogP contribution in [0.1, 0.15) is 28.5 Å². The van der Waals surface area contributed by atoms with E-state index in [0.717, 1.165) is 11.1 Å². The number of benzene rings is 1. The molecule has 5 heteroatoms. The molecule has 2 rings (SSSR count). The average Bonchev–Trinajstić information content (AvgIpc) is 2.46. The first-order valence-corrected chi connectivity index (χ1v) is 6.81. The molecule has 0 saturated carbocycles. The van der Waals surface area contributed by atoms with Crippen molar-refractivity contribution in [2.24, 2.45) is 0 Å². The topological polar surface area (TPSA) is 46.1 Å². The van der Waals surface area contributed by atoms with Gasteiger partial charge in [0.2, 0.25) is 0 Å². The van der Waals surface area contributed by atoms with Gasteiger partial charge in [-0.05, 0) is 25.0 Å². The molecular weight excluding hydrogens is 274 g/mol. The second kappa shape index (κ2) is 6.48. The Morgan fingerprint density at radius 2 is 2.05 bits per heavy atom. The Morgan fingerprint density at radius 3 is 2.70 bits per heavy atom. The normalized spacial score (nSPS) is 10.3. The van der Waals surface area contributed by atoms with Gasteiger partial charge in [0.1, 0.15) is 10.8 Å². The minimum Gasteiger partial charge on any atom is -0.333 e. The molecule has 104 valence electrons. The molecule has 0 radical (unpaired) electrons. The van der Waals surface area contributed by atoms with Gasteiger partial charge in [-0.3, -0.25) is 9.78 Å². The summed E-state index contributed by atoms with van der Waals surface area (Å²) < 4.78 is 0. The Labute approximate surface area is 123 Å². The Kier molecular flexibility index (Phi) is 4.69. The number of hydrogen-bond donors (Lipinski definition) is 0. The first kappa shape index (κ1) is 14.5. The van der Waals surface area contributed by atoms with E-state index < -0.39 is 0 Å². The monoisotopic (exact) mass is 289 g/mol. The predicted molar refractivity (Wildman–Crippen MR) is 78.6 cm³/mol. The molecule has 1 heterocycles. The fourth-order valence-electron chi connectivity index (χ4n) is 1.93. The molecule has 0 fully saturated rings. The van der Waals surface area contributed by atoms with Gasteiger partial charge in [-0.2, -0.15) is 0 Å². The molecule has 4 nitrogen and oxygen atoms in total. The molecule has 0 spiro atoms. The zero-order valence-corrected chi connectivity index (χ0v) is 12.3. The number of aryl methyl sites for hydroxylation is 1. The maximum Gasteiger partial charge on any atom is 0.274 e. The predicted octanol–water partition coefficient (Wildman–Crippen LogP) is 3.10. The molecule has 1 aromatic heterocycles. The lowest BCUT2D eigenvalue weighted by Gasteiger charge is -2.21. The Bertz CT molecular complexity index is 616. The molecule has 2 aromatic rings. The SMILES string of the molecule is CCN(Cc1ccccc1C)C(=O)c1cncc(Cl)n1. The molecule has 0 aliphatic carbocycles. The summed E-state index contributed by atoms with van der Waals surface area (Å²) in [4.78, 5) is 22.1. The lowest BCUT2D eigenvalue weighted by atomic mass is 10.1. The summed E-state index contributed by atoms with van der Waals surface area (Å²) in [6, 6.07) is 8.01. The minimum atomic E-state index is -0.161. The van der Waals surface area contributed by atoms with Crippen molar-refractivity contribution < 1.29 is 4.79 Å². The highest BCUT2D eigenvalue weighted by Gasteiger charge is 2.17. The van der Waals surface area contributed by atoms with Gasteiger partial charge in [-0.25, -0.2) is 4.98 Å². The zero-order valence-electron chi connectivity index (χ0n) is 11.5. The van der Waals surface area contributed by atoms with Gasteiger partial charge in [-0.1, -0.05) is 35.9 Å². The number of carbonyl (C=O) groups is 1. The van der Waals surface area contributed by atoms with Crippen LogP contribution >= 0.6 is 11.6 Å². The molecule has 0 saturated heterocycles. The quantitative estimate of drug-likeness (QED) is 0.869. The van der Waals surface area contributed by atoms with Crippen LogP contribution in [-0.4, -0.2) is 27.3 Å². The first-order chi connectivity index (χ1) is 9.61. The molecule has 20 heavy (non-hydrogen) atoms. The smallest absolute Gasteiger partial charge is 0.274 e. The van der Waals surface area contributed by atoms with Gasteiger partial charge in [0.15, 0.2) is 0 Å². The zero-order chi connectivity index (χ0) is 14.5. The maximum absolute atomic E-state index is 12.4. The van der Waals surface area contributed by atoms with Crippen molar-refractivity contribution in [1.29, 1.82) is 0 Å². The summed E-state index contributed by atoms with van der Waals surface area (Å²) in [5.74, 6) is -0.161. The van der Waals surface area contributed by atoms with Gasteiger partial charge >= 0.3 is 0 Å². The van der Waals surface area contributed by atoms with Crippen LogP contribution in [0.2, 0.25) is 5.15 Å². The summed E-state index contributed by atoms with van der Waals surface area (Å²) >= 11 is 5.78. The minimum absolute atomic E-state index is 0.161. The number of rotatable bonds is 4. The number of aromatic nitrogens is 2. The summed E-state index contributed by atoms with van der Waals surface area (Å²) in [5.41, 5.74) is 2.56. The van der Waals surface area contributed by atoms with Crippen molar-refractivity contribution in [2.45, 2.75) is 20.4 Å². The first-order valence-electron chi connectivity index (χ1n) is 6.43. The molecule has 0 bridgehead atoms. The number of halogens is 1. The van der Waals surface area contributed by atoms with Gasteiger partial charge < -0.3 is 4.90 Å². The number of hydrogen-bond acceptors (Lipinski definition) is 3. The van der Waals surface area contributed by atoms with Gasteiger partial charge in [-0.15, -0.1) is 0 Å².